The largest absolute Gasteiger partial charge is 0.507 e. The zero-order valence-electron chi connectivity index (χ0n) is 13.9. The highest BCUT2D eigenvalue weighted by Crippen LogP contribution is 2.27. The number of amides is 1. The summed E-state index contributed by atoms with van der Waals surface area (Å²) in [7, 11) is 0. The molecule has 0 saturated carbocycles. The first kappa shape index (κ1) is 16.8. The van der Waals surface area contributed by atoms with Gasteiger partial charge in [-0.05, 0) is 29.7 Å². The van der Waals surface area contributed by atoms with Gasteiger partial charge in [0, 0.05) is 12.5 Å². The highest BCUT2D eigenvalue weighted by molar-refractivity contribution is 5.96. The van der Waals surface area contributed by atoms with Crippen LogP contribution >= 0.6 is 0 Å². The first-order chi connectivity index (χ1) is 12.3. The van der Waals surface area contributed by atoms with Crippen molar-refractivity contribution in [3.63, 3.8) is 0 Å². The Kier molecular flexibility index (Phi) is 5.47. The summed E-state index contributed by atoms with van der Waals surface area (Å²) in [6.45, 7) is 0.529. The number of phenols is 1. The first-order valence-corrected chi connectivity index (χ1v) is 8.42. The van der Waals surface area contributed by atoms with Crippen molar-refractivity contribution in [2.75, 3.05) is 6.54 Å². The second-order valence-electron chi connectivity index (χ2n) is 5.94. The fraction of sp³-hybridized carbons (Fsp3) is 0.136. The van der Waals surface area contributed by atoms with Crippen LogP contribution in [-0.2, 0) is 0 Å². The summed E-state index contributed by atoms with van der Waals surface area (Å²) >= 11 is 0. The molecule has 3 heteroatoms. The van der Waals surface area contributed by atoms with E-state index in [0.717, 1.165) is 6.42 Å². The molecular formula is C22H21NO2. The standard InChI is InChI=1S/C22H21NO2/c24-21-14-8-7-13-20(21)22(25)23-16-15-19(17-9-3-1-4-10-17)18-11-5-2-6-12-18/h1-14,19,24H,15-16H2,(H,23,25). The maximum atomic E-state index is 12.2. The van der Waals surface area contributed by atoms with Crippen molar-refractivity contribution in [2.45, 2.75) is 12.3 Å². The quantitative estimate of drug-likeness (QED) is 0.706. The fourth-order valence-electron chi connectivity index (χ4n) is 2.99. The Morgan fingerprint density at radius 3 is 1.88 bits per heavy atom. The van der Waals surface area contributed by atoms with E-state index in [1.54, 1.807) is 18.2 Å². The first-order valence-electron chi connectivity index (χ1n) is 8.42. The minimum atomic E-state index is -0.252. The number of benzene rings is 3. The monoisotopic (exact) mass is 331 g/mol. The zero-order chi connectivity index (χ0) is 17.5. The van der Waals surface area contributed by atoms with Gasteiger partial charge in [0.05, 0.1) is 5.56 Å². The van der Waals surface area contributed by atoms with Crippen LogP contribution in [0.4, 0.5) is 0 Å². The number of hydrogen-bond acceptors (Lipinski definition) is 2. The lowest BCUT2D eigenvalue weighted by atomic mass is 9.88. The second kappa shape index (κ2) is 8.15. The molecule has 0 fully saturated rings. The maximum absolute atomic E-state index is 12.2. The summed E-state index contributed by atoms with van der Waals surface area (Å²) in [5.41, 5.74) is 2.76. The lowest BCUT2D eigenvalue weighted by molar-refractivity contribution is 0.0950. The van der Waals surface area contributed by atoms with Crippen molar-refractivity contribution in [2.24, 2.45) is 0 Å². The molecule has 1 amide bonds. The molecule has 3 nitrogen and oxygen atoms in total. The Morgan fingerprint density at radius 2 is 1.32 bits per heavy atom. The van der Waals surface area contributed by atoms with E-state index in [4.69, 9.17) is 0 Å². The van der Waals surface area contributed by atoms with Crippen molar-refractivity contribution in [3.05, 3.63) is 102 Å². The molecule has 0 aliphatic rings. The van der Waals surface area contributed by atoms with Gasteiger partial charge in [0.2, 0.25) is 0 Å². The second-order valence-corrected chi connectivity index (χ2v) is 5.94. The Morgan fingerprint density at radius 1 is 0.800 bits per heavy atom. The topological polar surface area (TPSA) is 49.3 Å². The predicted molar refractivity (Wildman–Crippen MR) is 99.8 cm³/mol. The van der Waals surface area contributed by atoms with Gasteiger partial charge in [0.25, 0.3) is 5.91 Å². The molecular weight excluding hydrogens is 310 g/mol. The minimum absolute atomic E-state index is 0.00247. The number of nitrogens with one attached hydrogen (secondary N) is 1. The number of carbonyl (C=O) groups is 1. The summed E-state index contributed by atoms with van der Waals surface area (Å²) in [5.74, 6) is -0.0345. The molecule has 0 unspecified atom stereocenters. The number of para-hydroxylation sites is 1. The summed E-state index contributed by atoms with van der Waals surface area (Å²) in [6.07, 6.45) is 0.785. The maximum Gasteiger partial charge on any atom is 0.255 e. The van der Waals surface area contributed by atoms with Crippen LogP contribution in [-0.4, -0.2) is 17.6 Å². The van der Waals surface area contributed by atoms with Gasteiger partial charge in [0.15, 0.2) is 0 Å². The third kappa shape index (κ3) is 4.27. The zero-order valence-corrected chi connectivity index (χ0v) is 13.9. The highest BCUT2D eigenvalue weighted by atomic mass is 16.3. The van der Waals surface area contributed by atoms with E-state index < -0.39 is 0 Å². The Bertz CT molecular complexity index is 776. The lowest BCUT2D eigenvalue weighted by Gasteiger charge is -2.18. The van der Waals surface area contributed by atoms with Gasteiger partial charge in [-0.2, -0.15) is 0 Å². The van der Waals surface area contributed by atoms with Crippen LogP contribution in [0, 0.1) is 0 Å². The number of rotatable bonds is 6. The fourth-order valence-corrected chi connectivity index (χ4v) is 2.99. The molecule has 3 aromatic rings. The van der Waals surface area contributed by atoms with E-state index in [-0.39, 0.29) is 17.6 Å². The van der Waals surface area contributed by atoms with Gasteiger partial charge in [0.1, 0.15) is 5.75 Å². The molecule has 0 aliphatic heterocycles. The Labute approximate surface area is 148 Å². The summed E-state index contributed by atoms with van der Waals surface area (Å²) < 4.78 is 0. The molecule has 126 valence electrons. The molecule has 0 bridgehead atoms. The predicted octanol–water partition coefficient (Wildman–Crippen LogP) is 4.34. The van der Waals surface area contributed by atoms with Crippen LogP contribution in [0.2, 0.25) is 0 Å². The summed E-state index contributed by atoms with van der Waals surface area (Å²) in [4.78, 5) is 12.2. The Hall–Kier alpha value is -3.07. The van der Waals surface area contributed by atoms with Crippen molar-refractivity contribution in [1.82, 2.24) is 5.32 Å². The number of hydrogen-bond donors (Lipinski definition) is 2. The third-order valence-electron chi connectivity index (χ3n) is 4.27. The average molecular weight is 331 g/mol. The molecule has 0 heterocycles. The average Bonchev–Trinajstić information content (AvgIpc) is 2.67. The van der Waals surface area contributed by atoms with Crippen LogP contribution < -0.4 is 5.32 Å². The smallest absolute Gasteiger partial charge is 0.255 e. The van der Waals surface area contributed by atoms with Crippen LogP contribution in [0.1, 0.15) is 33.8 Å². The van der Waals surface area contributed by atoms with Crippen LogP contribution in [0.15, 0.2) is 84.9 Å². The molecule has 2 N–H and O–H groups in total. The highest BCUT2D eigenvalue weighted by Gasteiger charge is 2.15. The Balaban J connectivity index is 1.70. The minimum Gasteiger partial charge on any atom is -0.507 e. The van der Waals surface area contributed by atoms with E-state index in [2.05, 4.69) is 29.6 Å². The van der Waals surface area contributed by atoms with Gasteiger partial charge < -0.3 is 10.4 Å². The van der Waals surface area contributed by atoms with E-state index in [1.807, 2.05) is 36.4 Å². The molecule has 25 heavy (non-hydrogen) atoms. The number of carbonyl (C=O) groups excluding carboxylic acids is 1. The summed E-state index contributed by atoms with van der Waals surface area (Å²) in [5, 5.41) is 12.7. The molecule has 0 aromatic heterocycles. The van der Waals surface area contributed by atoms with Gasteiger partial charge in [-0.15, -0.1) is 0 Å². The third-order valence-corrected chi connectivity index (χ3v) is 4.27. The molecule has 0 spiro atoms. The van der Waals surface area contributed by atoms with Crippen molar-refractivity contribution in [3.8, 4) is 5.75 Å². The van der Waals surface area contributed by atoms with Gasteiger partial charge in [-0.3, -0.25) is 4.79 Å². The lowest BCUT2D eigenvalue weighted by Crippen LogP contribution is -2.25. The van der Waals surface area contributed by atoms with E-state index in [0.29, 0.717) is 12.1 Å². The molecule has 0 saturated heterocycles. The normalized spacial score (nSPS) is 10.6. The molecule has 3 rings (SSSR count). The van der Waals surface area contributed by atoms with Gasteiger partial charge in [-0.1, -0.05) is 72.8 Å². The number of aromatic hydroxyl groups is 1. The van der Waals surface area contributed by atoms with Crippen molar-refractivity contribution in [1.29, 1.82) is 0 Å². The van der Waals surface area contributed by atoms with E-state index in [1.165, 1.54) is 17.2 Å². The van der Waals surface area contributed by atoms with Crippen molar-refractivity contribution < 1.29 is 9.90 Å². The van der Waals surface area contributed by atoms with Crippen LogP contribution in [0.3, 0.4) is 0 Å². The molecule has 0 aliphatic carbocycles. The molecule has 0 radical (unpaired) electrons. The van der Waals surface area contributed by atoms with Crippen LogP contribution in [0.5, 0.6) is 5.75 Å². The molecule has 0 atom stereocenters. The molecule has 3 aromatic carbocycles. The van der Waals surface area contributed by atoms with E-state index >= 15 is 0 Å². The van der Waals surface area contributed by atoms with Crippen LogP contribution in [0.25, 0.3) is 0 Å². The van der Waals surface area contributed by atoms with Crippen molar-refractivity contribution >= 4 is 5.91 Å². The van der Waals surface area contributed by atoms with Gasteiger partial charge >= 0.3 is 0 Å². The number of phenolic OH excluding ortho intramolecular Hbond substituents is 1. The SMILES string of the molecule is O=C(NCCC(c1ccccc1)c1ccccc1)c1ccccc1O. The van der Waals surface area contributed by atoms with E-state index in [9.17, 15) is 9.90 Å². The summed E-state index contributed by atoms with van der Waals surface area (Å²) in [6, 6.07) is 27.2. The van der Waals surface area contributed by atoms with Gasteiger partial charge in [-0.25, -0.2) is 0 Å².